The van der Waals surface area contributed by atoms with Gasteiger partial charge in [0.25, 0.3) is 0 Å². The minimum Gasteiger partial charge on any atom is -0.477 e. The number of carbonyl (C=O) groups is 1. The number of hydrogen-bond acceptors (Lipinski definition) is 6. The molecule has 5 rings (SSSR count). The summed E-state index contributed by atoms with van der Waals surface area (Å²) in [7, 11) is 0. The van der Waals surface area contributed by atoms with Gasteiger partial charge < -0.3 is 9.47 Å². The lowest BCUT2D eigenvalue weighted by molar-refractivity contribution is 0.0876. The van der Waals surface area contributed by atoms with Crippen LogP contribution in [0.15, 0.2) is 53.9 Å². The molecule has 28 heavy (non-hydrogen) atoms. The fraction of sp³-hybridized carbons (Fsp3) is 0.182. The van der Waals surface area contributed by atoms with Crippen molar-refractivity contribution >= 4 is 23.2 Å². The number of benzene rings is 1. The number of fused-ring (bicyclic) bond motifs is 2. The molecule has 140 valence electrons. The van der Waals surface area contributed by atoms with Gasteiger partial charge in [-0.1, -0.05) is 12.1 Å². The lowest BCUT2D eigenvalue weighted by Crippen LogP contribution is -2.32. The maximum absolute atomic E-state index is 12.9. The summed E-state index contributed by atoms with van der Waals surface area (Å²) in [6.45, 7) is 3.91. The van der Waals surface area contributed by atoms with Gasteiger partial charge in [0.1, 0.15) is 18.2 Å². The molecule has 0 atom stereocenters. The molecule has 0 radical (unpaired) electrons. The Bertz CT molecular complexity index is 1070. The van der Waals surface area contributed by atoms with Crippen LogP contribution in [0.1, 0.15) is 31.9 Å². The topological polar surface area (TPSA) is 51.7 Å². The van der Waals surface area contributed by atoms with Gasteiger partial charge in [0.15, 0.2) is 5.76 Å². The van der Waals surface area contributed by atoms with Crippen molar-refractivity contribution in [3.63, 3.8) is 0 Å². The second kappa shape index (κ2) is 6.89. The molecule has 0 bridgehead atoms. The average Bonchev–Trinajstić information content (AvgIpc) is 3.32. The molecule has 2 aromatic heterocycles. The number of allylic oxidation sites excluding steroid dienone is 1. The molecule has 0 N–H and O–H groups in total. The van der Waals surface area contributed by atoms with Gasteiger partial charge in [0.2, 0.25) is 5.78 Å². The number of ketones is 1. The Labute approximate surface area is 166 Å². The Morgan fingerprint density at radius 2 is 2.21 bits per heavy atom. The minimum absolute atomic E-state index is 0.0707. The van der Waals surface area contributed by atoms with E-state index in [2.05, 4.69) is 16.0 Å². The molecule has 0 amide bonds. The fourth-order valence-electron chi connectivity index (χ4n) is 3.65. The van der Waals surface area contributed by atoms with Crippen molar-refractivity contribution in [2.45, 2.75) is 20.0 Å². The van der Waals surface area contributed by atoms with Crippen molar-refractivity contribution in [3.05, 3.63) is 81.0 Å². The molecule has 0 unspecified atom stereocenters. The van der Waals surface area contributed by atoms with E-state index in [1.165, 1.54) is 0 Å². The molecular weight excluding hydrogens is 372 g/mol. The maximum Gasteiger partial charge on any atom is 0.232 e. The molecule has 1 aromatic carbocycles. The lowest BCUT2D eigenvalue weighted by atomic mass is 10.00. The Hall–Kier alpha value is -2.96. The second-order valence-electron chi connectivity index (χ2n) is 6.94. The molecule has 0 saturated carbocycles. The molecule has 5 nitrogen and oxygen atoms in total. The molecule has 4 heterocycles. The number of pyridine rings is 1. The third kappa shape index (κ3) is 3.00. The number of carbonyl (C=O) groups excluding carboxylic acids is 1. The van der Waals surface area contributed by atoms with Crippen LogP contribution in [0.4, 0.5) is 0 Å². The van der Waals surface area contributed by atoms with Crippen LogP contribution < -0.4 is 9.47 Å². The zero-order valence-corrected chi connectivity index (χ0v) is 16.2. The van der Waals surface area contributed by atoms with E-state index in [1.54, 1.807) is 23.6 Å². The summed E-state index contributed by atoms with van der Waals surface area (Å²) in [5.74, 6) is 1.74. The third-order valence-corrected chi connectivity index (χ3v) is 5.77. The summed E-state index contributed by atoms with van der Waals surface area (Å²) in [6, 6.07) is 9.83. The summed E-state index contributed by atoms with van der Waals surface area (Å²) in [6.07, 6.45) is 5.44. The van der Waals surface area contributed by atoms with Gasteiger partial charge in [-0.3, -0.25) is 14.7 Å². The molecule has 6 heteroatoms. The van der Waals surface area contributed by atoms with E-state index in [0.717, 1.165) is 40.4 Å². The highest BCUT2D eigenvalue weighted by Crippen LogP contribution is 2.43. The molecular formula is C22H18N2O3S. The van der Waals surface area contributed by atoms with E-state index in [-0.39, 0.29) is 5.78 Å². The normalized spacial score (nSPS) is 17.2. The van der Waals surface area contributed by atoms with Gasteiger partial charge in [-0.2, -0.15) is 0 Å². The second-order valence-corrected chi connectivity index (χ2v) is 7.92. The number of thiophene rings is 1. The molecule has 0 spiro atoms. The first-order valence-corrected chi connectivity index (χ1v) is 9.95. The van der Waals surface area contributed by atoms with Gasteiger partial charge in [0.05, 0.1) is 5.56 Å². The van der Waals surface area contributed by atoms with Crippen molar-refractivity contribution < 1.29 is 14.3 Å². The van der Waals surface area contributed by atoms with Gasteiger partial charge in [-0.15, -0.1) is 11.3 Å². The van der Waals surface area contributed by atoms with Crippen molar-refractivity contribution in [2.75, 3.05) is 6.73 Å². The Morgan fingerprint density at radius 1 is 1.29 bits per heavy atom. The largest absolute Gasteiger partial charge is 0.477 e. The highest BCUT2D eigenvalue weighted by atomic mass is 32.1. The van der Waals surface area contributed by atoms with Gasteiger partial charge in [-0.05, 0) is 36.1 Å². The number of nitrogens with zero attached hydrogens (tertiary/aromatic N) is 2. The molecule has 2 aliphatic heterocycles. The number of Topliss-reactive ketones (excluding diaryl/α,β-unsaturated/α-hetero) is 1. The Balaban J connectivity index is 1.44. The smallest absolute Gasteiger partial charge is 0.232 e. The van der Waals surface area contributed by atoms with E-state index >= 15 is 0 Å². The first-order chi connectivity index (χ1) is 13.7. The number of hydrogen-bond donors (Lipinski definition) is 0. The van der Waals surface area contributed by atoms with Gasteiger partial charge in [-0.25, -0.2) is 0 Å². The molecule has 0 aliphatic carbocycles. The van der Waals surface area contributed by atoms with E-state index in [9.17, 15) is 4.79 Å². The summed E-state index contributed by atoms with van der Waals surface area (Å²) in [4.78, 5) is 20.2. The zero-order chi connectivity index (χ0) is 19.1. The van der Waals surface area contributed by atoms with Crippen LogP contribution >= 0.6 is 11.3 Å². The quantitative estimate of drug-likeness (QED) is 0.620. The van der Waals surface area contributed by atoms with E-state index in [1.807, 2.05) is 42.8 Å². The SMILES string of the molecule is Cc1c2c(cc3c1O/C(=C/c1cccs1)C3=O)CN(Cc1cccnc1)CO2. The van der Waals surface area contributed by atoms with Crippen LogP contribution in [-0.2, 0) is 13.1 Å². The van der Waals surface area contributed by atoms with Crippen molar-refractivity contribution in [1.29, 1.82) is 0 Å². The highest BCUT2D eigenvalue weighted by Gasteiger charge is 2.33. The van der Waals surface area contributed by atoms with Crippen LogP contribution in [0.3, 0.4) is 0 Å². The van der Waals surface area contributed by atoms with Crippen LogP contribution in [-0.4, -0.2) is 22.4 Å². The predicted molar refractivity (Wildman–Crippen MR) is 107 cm³/mol. The molecule has 0 fully saturated rings. The average molecular weight is 390 g/mol. The summed E-state index contributed by atoms with van der Waals surface area (Å²) in [5.41, 5.74) is 3.65. The first kappa shape index (κ1) is 17.2. The molecule has 3 aromatic rings. The highest BCUT2D eigenvalue weighted by molar-refractivity contribution is 7.10. The summed E-state index contributed by atoms with van der Waals surface area (Å²) >= 11 is 1.58. The van der Waals surface area contributed by atoms with Crippen LogP contribution in [0, 0.1) is 6.92 Å². The minimum atomic E-state index is -0.0707. The monoisotopic (exact) mass is 390 g/mol. The van der Waals surface area contributed by atoms with Crippen molar-refractivity contribution in [1.82, 2.24) is 9.88 Å². The van der Waals surface area contributed by atoms with Crippen molar-refractivity contribution in [3.8, 4) is 11.5 Å². The van der Waals surface area contributed by atoms with Crippen LogP contribution in [0.2, 0.25) is 0 Å². The van der Waals surface area contributed by atoms with Gasteiger partial charge >= 0.3 is 0 Å². The van der Waals surface area contributed by atoms with Gasteiger partial charge in [0, 0.05) is 47.6 Å². The van der Waals surface area contributed by atoms with Crippen LogP contribution in [0.5, 0.6) is 11.5 Å². The fourth-order valence-corrected chi connectivity index (χ4v) is 4.30. The van der Waals surface area contributed by atoms with Crippen LogP contribution in [0.25, 0.3) is 6.08 Å². The summed E-state index contributed by atoms with van der Waals surface area (Å²) in [5, 5.41) is 1.98. The number of aromatic nitrogens is 1. The van der Waals surface area contributed by atoms with E-state index in [4.69, 9.17) is 9.47 Å². The van der Waals surface area contributed by atoms with E-state index < -0.39 is 0 Å². The number of ether oxygens (including phenoxy) is 2. The first-order valence-electron chi connectivity index (χ1n) is 9.07. The maximum atomic E-state index is 12.9. The summed E-state index contributed by atoms with van der Waals surface area (Å²) < 4.78 is 12.0. The zero-order valence-electron chi connectivity index (χ0n) is 15.3. The Morgan fingerprint density at radius 3 is 3.00 bits per heavy atom. The Kier molecular flexibility index (Phi) is 4.22. The predicted octanol–water partition coefficient (Wildman–Crippen LogP) is 4.42. The van der Waals surface area contributed by atoms with Crippen molar-refractivity contribution in [2.24, 2.45) is 0 Å². The molecule has 0 saturated heterocycles. The standard InChI is InChI=1S/C22H18N2O3S/c1-14-21-16(12-24(13-26-21)11-15-4-2-6-23-10-15)8-18-20(25)19(27-22(14)18)9-17-5-3-7-28-17/h2-10H,11-13H2,1H3/b19-9+. The molecule has 2 aliphatic rings. The lowest BCUT2D eigenvalue weighted by Gasteiger charge is -2.30. The number of rotatable bonds is 3. The third-order valence-electron chi connectivity index (χ3n) is 4.95. The van der Waals surface area contributed by atoms with E-state index in [0.29, 0.717) is 23.8 Å².